The fourth-order valence-corrected chi connectivity index (χ4v) is 1.49. The van der Waals surface area contributed by atoms with Crippen LogP contribution >= 0.6 is 0 Å². The van der Waals surface area contributed by atoms with Crippen molar-refractivity contribution in [3.63, 3.8) is 0 Å². The smallest absolute Gasteiger partial charge is 0.124 e. The number of methoxy groups -OCH3 is 2. The van der Waals surface area contributed by atoms with Crippen molar-refractivity contribution in [3.05, 3.63) is 23.8 Å². The van der Waals surface area contributed by atoms with Gasteiger partial charge in [-0.1, -0.05) is 0 Å². The van der Waals surface area contributed by atoms with Gasteiger partial charge in [0.15, 0.2) is 0 Å². The Morgan fingerprint density at radius 3 is 2.50 bits per heavy atom. The summed E-state index contributed by atoms with van der Waals surface area (Å²) in [7, 11) is 3.34. The van der Waals surface area contributed by atoms with E-state index in [0.717, 1.165) is 23.5 Å². The maximum Gasteiger partial charge on any atom is 0.124 e. The van der Waals surface area contributed by atoms with E-state index in [2.05, 4.69) is 0 Å². The third kappa shape index (κ3) is 4.20. The summed E-state index contributed by atoms with van der Waals surface area (Å²) >= 11 is 0. The third-order valence-corrected chi connectivity index (χ3v) is 3.00. The van der Waals surface area contributed by atoms with Crippen molar-refractivity contribution in [3.8, 4) is 11.5 Å². The van der Waals surface area contributed by atoms with Gasteiger partial charge in [0.1, 0.15) is 11.5 Å². The standard InChI is InChI=1S/C14H23NO3/c1-14(2,17-4)7-8-18-13-6-5-12(16-3)9-11(13)10-15/h5-6,9H,7-8,10,15H2,1-4H3. The number of hydrogen-bond donors (Lipinski definition) is 1. The lowest BCUT2D eigenvalue weighted by Gasteiger charge is -2.23. The topological polar surface area (TPSA) is 53.7 Å². The Bertz CT molecular complexity index is 377. The van der Waals surface area contributed by atoms with E-state index in [1.807, 2.05) is 32.0 Å². The highest BCUT2D eigenvalue weighted by Crippen LogP contribution is 2.24. The lowest BCUT2D eigenvalue weighted by Crippen LogP contribution is -2.25. The monoisotopic (exact) mass is 253 g/mol. The van der Waals surface area contributed by atoms with Crippen LogP contribution in [-0.4, -0.2) is 26.4 Å². The van der Waals surface area contributed by atoms with Crippen LogP contribution in [0.15, 0.2) is 18.2 Å². The molecule has 0 fully saturated rings. The maximum absolute atomic E-state index is 5.75. The molecule has 0 bridgehead atoms. The molecule has 4 heteroatoms. The Morgan fingerprint density at radius 1 is 1.22 bits per heavy atom. The fraction of sp³-hybridized carbons (Fsp3) is 0.571. The second-order valence-corrected chi connectivity index (χ2v) is 4.74. The van der Waals surface area contributed by atoms with Gasteiger partial charge < -0.3 is 19.9 Å². The molecular formula is C14H23NO3. The second kappa shape index (κ2) is 6.61. The van der Waals surface area contributed by atoms with Gasteiger partial charge in [0.25, 0.3) is 0 Å². The summed E-state index contributed by atoms with van der Waals surface area (Å²) in [6.07, 6.45) is 0.819. The van der Waals surface area contributed by atoms with Crippen LogP contribution in [0.1, 0.15) is 25.8 Å². The molecular weight excluding hydrogens is 230 g/mol. The van der Waals surface area contributed by atoms with Crippen LogP contribution in [0.2, 0.25) is 0 Å². The highest BCUT2D eigenvalue weighted by atomic mass is 16.5. The van der Waals surface area contributed by atoms with Crippen molar-refractivity contribution in [1.82, 2.24) is 0 Å². The first-order valence-corrected chi connectivity index (χ1v) is 6.07. The molecule has 0 unspecified atom stereocenters. The van der Waals surface area contributed by atoms with Crippen LogP contribution in [0, 0.1) is 0 Å². The lowest BCUT2D eigenvalue weighted by atomic mass is 10.1. The lowest BCUT2D eigenvalue weighted by molar-refractivity contribution is 0.00537. The quantitative estimate of drug-likeness (QED) is 0.810. The molecule has 0 saturated carbocycles. The number of nitrogens with two attached hydrogens (primary N) is 1. The summed E-state index contributed by atoms with van der Waals surface area (Å²) in [6.45, 7) is 5.10. The zero-order chi connectivity index (χ0) is 13.6. The average molecular weight is 253 g/mol. The number of benzene rings is 1. The van der Waals surface area contributed by atoms with Gasteiger partial charge in [-0.05, 0) is 32.0 Å². The van der Waals surface area contributed by atoms with E-state index in [-0.39, 0.29) is 5.60 Å². The van der Waals surface area contributed by atoms with Crippen LogP contribution in [0.3, 0.4) is 0 Å². The van der Waals surface area contributed by atoms with Crippen LogP contribution in [-0.2, 0) is 11.3 Å². The van der Waals surface area contributed by atoms with Crippen molar-refractivity contribution in [2.45, 2.75) is 32.4 Å². The van der Waals surface area contributed by atoms with Crippen LogP contribution < -0.4 is 15.2 Å². The Hall–Kier alpha value is -1.26. The molecule has 102 valence electrons. The molecule has 1 aromatic carbocycles. The van der Waals surface area contributed by atoms with Gasteiger partial charge in [-0.2, -0.15) is 0 Å². The van der Waals surface area contributed by atoms with E-state index >= 15 is 0 Å². The molecule has 0 amide bonds. The van der Waals surface area contributed by atoms with Gasteiger partial charge >= 0.3 is 0 Å². The minimum Gasteiger partial charge on any atom is -0.497 e. The average Bonchev–Trinajstić information content (AvgIpc) is 2.38. The molecule has 2 N–H and O–H groups in total. The molecule has 0 radical (unpaired) electrons. The minimum absolute atomic E-state index is 0.171. The van der Waals surface area contributed by atoms with E-state index in [1.54, 1.807) is 14.2 Å². The minimum atomic E-state index is -0.171. The highest BCUT2D eigenvalue weighted by Gasteiger charge is 2.16. The molecule has 0 heterocycles. The molecule has 0 atom stereocenters. The van der Waals surface area contributed by atoms with E-state index in [4.69, 9.17) is 19.9 Å². The van der Waals surface area contributed by atoms with Gasteiger partial charge in [-0.15, -0.1) is 0 Å². The molecule has 0 aromatic heterocycles. The van der Waals surface area contributed by atoms with Crippen LogP contribution in [0.4, 0.5) is 0 Å². The first-order valence-electron chi connectivity index (χ1n) is 6.07. The first kappa shape index (κ1) is 14.8. The van der Waals surface area contributed by atoms with Gasteiger partial charge in [-0.25, -0.2) is 0 Å². The van der Waals surface area contributed by atoms with Crippen LogP contribution in [0.25, 0.3) is 0 Å². The maximum atomic E-state index is 5.75. The van der Waals surface area contributed by atoms with Gasteiger partial charge in [-0.3, -0.25) is 0 Å². The van der Waals surface area contributed by atoms with E-state index < -0.39 is 0 Å². The van der Waals surface area contributed by atoms with E-state index in [0.29, 0.717) is 13.2 Å². The molecule has 0 aliphatic heterocycles. The second-order valence-electron chi connectivity index (χ2n) is 4.74. The first-order chi connectivity index (χ1) is 8.52. The van der Waals surface area contributed by atoms with Gasteiger partial charge in [0.05, 0.1) is 19.3 Å². The number of hydrogen-bond acceptors (Lipinski definition) is 4. The molecule has 0 aliphatic carbocycles. The molecule has 0 saturated heterocycles. The molecule has 4 nitrogen and oxygen atoms in total. The van der Waals surface area contributed by atoms with Crippen molar-refractivity contribution < 1.29 is 14.2 Å². The fourth-order valence-electron chi connectivity index (χ4n) is 1.49. The van der Waals surface area contributed by atoms with E-state index in [1.165, 1.54) is 0 Å². The van der Waals surface area contributed by atoms with Crippen molar-refractivity contribution in [2.75, 3.05) is 20.8 Å². The summed E-state index contributed by atoms with van der Waals surface area (Å²) in [5.41, 5.74) is 6.48. The van der Waals surface area contributed by atoms with Crippen LogP contribution in [0.5, 0.6) is 11.5 Å². The third-order valence-electron chi connectivity index (χ3n) is 3.00. The molecule has 1 rings (SSSR count). The van der Waals surface area contributed by atoms with Crippen molar-refractivity contribution in [2.24, 2.45) is 5.73 Å². The Kier molecular flexibility index (Phi) is 5.44. The summed E-state index contributed by atoms with van der Waals surface area (Å²) < 4.78 is 16.3. The normalized spacial score (nSPS) is 11.4. The van der Waals surface area contributed by atoms with Crippen molar-refractivity contribution >= 4 is 0 Å². The molecule has 0 aliphatic rings. The molecule has 1 aromatic rings. The largest absolute Gasteiger partial charge is 0.497 e. The highest BCUT2D eigenvalue weighted by molar-refractivity contribution is 5.40. The molecule has 18 heavy (non-hydrogen) atoms. The zero-order valence-corrected chi connectivity index (χ0v) is 11.7. The Labute approximate surface area is 109 Å². The predicted octanol–water partition coefficient (Wildman–Crippen LogP) is 2.35. The predicted molar refractivity (Wildman–Crippen MR) is 72.1 cm³/mol. The Morgan fingerprint density at radius 2 is 1.94 bits per heavy atom. The van der Waals surface area contributed by atoms with E-state index in [9.17, 15) is 0 Å². The summed E-state index contributed by atoms with van der Waals surface area (Å²) in [5.74, 6) is 1.60. The summed E-state index contributed by atoms with van der Waals surface area (Å²) in [4.78, 5) is 0. The molecule has 0 spiro atoms. The summed E-state index contributed by atoms with van der Waals surface area (Å²) in [6, 6.07) is 5.66. The van der Waals surface area contributed by atoms with Crippen molar-refractivity contribution in [1.29, 1.82) is 0 Å². The van der Waals surface area contributed by atoms with Gasteiger partial charge in [0.2, 0.25) is 0 Å². The Balaban J connectivity index is 2.62. The number of ether oxygens (including phenoxy) is 3. The summed E-state index contributed by atoms with van der Waals surface area (Å²) in [5, 5.41) is 0. The SMILES string of the molecule is COc1ccc(OCCC(C)(C)OC)c(CN)c1. The van der Waals surface area contributed by atoms with Gasteiger partial charge in [0, 0.05) is 25.6 Å². The number of rotatable bonds is 7. The zero-order valence-electron chi connectivity index (χ0n) is 11.7.